The van der Waals surface area contributed by atoms with Gasteiger partial charge in [-0.3, -0.25) is 0 Å². The minimum absolute atomic E-state index is 0.506. The maximum absolute atomic E-state index is 4.90. The highest BCUT2D eigenvalue weighted by molar-refractivity contribution is 7.15. The number of nitrogens with one attached hydrogen (secondary N) is 1. The maximum atomic E-state index is 4.90. The van der Waals surface area contributed by atoms with Crippen LogP contribution in [0.4, 0.5) is 5.13 Å². The van der Waals surface area contributed by atoms with E-state index in [2.05, 4.69) is 44.8 Å². The van der Waals surface area contributed by atoms with E-state index in [1.54, 1.807) is 0 Å². The van der Waals surface area contributed by atoms with Crippen LogP contribution in [-0.2, 0) is 6.54 Å². The van der Waals surface area contributed by atoms with Crippen molar-refractivity contribution in [2.45, 2.75) is 72.0 Å². The highest BCUT2D eigenvalue weighted by Gasteiger charge is 2.23. The van der Waals surface area contributed by atoms with Gasteiger partial charge in [0, 0.05) is 30.1 Å². The lowest BCUT2D eigenvalue weighted by molar-refractivity contribution is 0.677. The summed E-state index contributed by atoms with van der Waals surface area (Å²) in [5.74, 6) is 0.506. The molecule has 108 valence electrons. The minimum atomic E-state index is 0.506. The molecule has 1 heterocycles. The van der Waals surface area contributed by atoms with Gasteiger partial charge in [-0.05, 0) is 39.5 Å². The van der Waals surface area contributed by atoms with Crippen molar-refractivity contribution >= 4 is 16.5 Å². The second kappa shape index (κ2) is 6.23. The van der Waals surface area contributed by atoms with E-state index in [9.17, 15) is 0 Å². The fourth-order valence-corrected chi connectivity index (χ4v) is 3.66. The average Bonchev–Trinajstić information content (AvgIpc) is 3.07. The molecular formula is C15H27N3S. The summed E-state index contributed by atoms with van der Waals surface area (Å²) in [6.07, 6.45) is 2.69. The molecule has 0 aromatic carbocycles. The lowest BCUT2D eigenvalue weighted by atomic mass is 10.1. The van der Waals surface area contributed by atoms with Gasteiger partial charge >= 0.3 is 0 Å². The molecule has 1 aliphatic carbocycles. The molecule has 0 unspecified atom stereocenters. The molecule has 0 bridgehead atoms. The maximum Gasteiger partial charge on any atom is 0.186 e. The first kappa shape index (κ1) is 14.8. The first-order valence-corrected chi connectivity index (χ1v) is 8.34. The van der Waals surface area contributed by atoms with Gasteiger partial charge in [-0.2, -0.15) is 0 Å². The van der Waals surface area contributed by atoms with E-state index in [1.165, 1.54) is 28.5 Å². The lowest BCUT2D eigenvalue weighted by Crippen LogP contribution is -2.30. The fraction of sp³-hybridized carbons (Fsp3) is 0.800. The Hall–Kier alpha value is -0.610. The van der Waals surface area contributed by atoms with Crippen LogP contribution < -0.4 is 10.2 Å². The SMILES string of the molecule is CCN(c1nc(C(C)C)c(CNC2CC2)s1)C(C)C. The Morgan fingerprint density at radius 3 is 2.47 bits per heavy atom. The van der Waals surface area contributed by atoms with E-state index < -0.39 is 0 Å². The molecule has 4 heteroatoms. The Morgan fingerprint density at radius 2 is 2.00 bits per heavy atom. The summed E-state index contributed by atoms with van der Waals surface area (Å²) in [7, 11) is 0. The van der Waals surface area contributed by atoms with Crippen LogP contribution in [0.25, 0.3) is 0 Å². The third kappa shape index (κ3) is 3.69. The van der Waals surface area contributed by atoms with Crippen LogP contribution in [0.1, 0.15) is 63.9 Å². The van der Waals surface area contributed by atoms with Crippen LogP contribution in [-0.4, -0.2) is 23.6 Å². The van der Waals surface area contributed by atoms with Gasteiger partial charge in [0.05, 0.1) is 5.69 Å². The normalized spacial score (nSPS) is 15.5. The molecule has 1 fully saturated rings. The monoisotopic (exact) mass is 281 g/mol. The van der Waals surface area contributed by atoms with Crippen molar-refractivity contribution in [1.82, 2.24) is 10.3 Å². The Balaban J connectivity index is 2.17. The lowest BCUT2D eigenvalue weighted by Gasteiger charge is -2.24. The number of rotatable bonds is 7. The molecular weight excluding hydrogens is 254 g/mol. The number of hydrogen-bond acceptors (Lipinski definition) is 4. The van der Waals surface area contributed by atoms with Crippen molar-refractivity contribution in [2.24, 2.45) is 0 Å². The molecule has 1 saturated carbocycles. The van der Waals surface area contributed by atoms with Crippen LogP contribution >= 0.6 is 11.3 Å². The highest BCUT2D eigenvalue weighted by Crippen LogP contribution is 2.32. The number of hydrogen-bond donors (Lipinski definition) is 1. The van der Waals surface area contributed by atoms with Crippen molar-refractivity contribution in [3.63, 3.8) is 0 Å². The second-order valence-electron chi connectivity index (χ2n) is 5.99. The first-order chi connectivity index (χ1) is 9.02. The van der Waals surface area contributed by atoms with Crippen molar-refractivity contribution in [3.05, 3.63) is 10.6 Å². The van der Waals surface area contributed by atoms with Gasteiger partial charge in [-0.1, -0.05) is 13.8 Å². The van der Waals surface area contributed by atoms with Crippen molar-refractivity contribution in [3.8, 4) is 0 Å². The van der Waals surface area contributed by atoms with Crippen molar-refractivity contribution < 1.29 is 0 Å². The summed E-state index contributed by atoms with van der Waals surface area (Å²) in [6.45, 7) is 13.2. The molecule has 0 amide bonds. The highest BCUT2D eigenvalue weighted by atomic mass is 32.1. The predicted molar refractivity (Wildman–Crippen MR) is 84.2 cm³/mol. The topological polar surface area (TPSA) is 28.2 Å². The molecule has 0 saturated heterocycles. The third-order valence-electron chi connectivity index (χ3n) is 3.60. The molecule has 1 aromatic heterocycles. The summed E-state index contributed by atoms with van der Waals surface area (Å²) >= 11 is 1.87. The van der Waals surface area contributed by atoms with Crippen LogP contribution in [0, 0.1) is 0 Å². The molecule has 19 heavy (non-hydrogen) atoms. The fourth-order valence-electron chi connectivity index (χ4n) is 2.30. The smallest absolute Gasteiger partial charge is 0.186 e. The summed E-state index contributed by atoms with van der Waals surface area (Å²) in [5, 5.41) is 4.81. The number of thiazole rings is 1. The molecule has 0 spiro atoms. The van der Waals surface area contributed by atoms with Crippen molar-refractivity contribution in [1.29, 1.82) is 0 Å². The average molecular weight is 281 g/mol. The Bertz CT molecular complexity index is 408. The minimum Gasteiger partial charge on any atom is -0.346 e. The number of anilines is 1. The van der Waals surface area contributed by atoms with Gasteiger partial charge in [-0.15, -0.1) is 11.3 Å². The van der Waals surface area contributed by atoms with Crippen LogP contribution in [0.5, 0.6) is 0 Å². The largest absolute Gasteiger partial charge is 0.346 e. The van der Waals surface area contributed by atoms with E-state index in [0.29, 0.717) is 12.0 Å². The van der Waals surface area contributed by atoms with Gasteiger partial charge in [0.15, 0.2) is 5.13 Å². The van der Waals surface area contributed by atoms with Gasteiger partial charge in [0.25, 0.3) is 0 Å². The third-order valence-corrected chi connectivity index (χ3v) is 4.71. The summed E-state index contributed by atoms with van der Waals surface area (Å²) in [4.78, 5) is 8.72. The Labute approximate surface area is 121 Å². The van der Waals surface area contributed by atoms with Gasteiger partial charge in [0.1, 0.15) is 0 Å². The summed E-state index contributed by atoms with van der Waals surface area (Å²) in [6, 6.07) is 1.28. The molecule has 1 aromatic rings. The molecule has 0 aliphatic heterocycles. The quantitative estimate of drug-likeness (QED) is 0.825. The van der Waals surface area contributed by atoms with E-state index in [0.717, 1.165) is 19.1 Å². The van der Waals surface area contributed by atoms with Crippen LogP contribution in [0.15, 0.2) is 0 Å². The molecule has 0 atom stereocenters. The van der Waals surface area contributed by atoms with Gasteiger partial charge in [-0.25, -0.2) is 4.98 Å². The first-order valence-electron chi connectivity index (χ1n) is 7.52. The van der Waals surface area contributed by atoms with Crippen molar-refractivity contribution in [2.75, 3.05) is 11.4 Å². The standard InChI is InChI=1S/C15H27N3S/c1-6-18(11(4)5)15-17-14(10(2)3)13(19-15)9-16-12-7-8-12/h10-12,16H,6-9H2,1-5H3. The van der Waals surface area contributed by atoms with Crippen LogP contribution in [0.3, 0.4) is 0 Å². The summed E-state index contributed by atoms with van der Waals surface area (Å²) < 4.78 is 0. The summed E-state index contributed by atoms with van der Waals surface area (Å²) in [5.41, 5.74) is 1.28. The zero-order chi connectivity index (χ0) is 14.0. The predicted octanol–water partition coefficient (Wildman–Crippen LogP) is 3.75. The van der Waals surface area contributed by atoms with Gasteiger partial charge in [0.2, 0.25) is 0 Å². The molecule has 2 rings (SSSR count). The molecule has 1 aliphatic rings. The van der Waals surface area contributed by atoms with Crippen LogP contribution in [0.2, 0.25) is 0 Å². The Kier molecular flexibility index (Phi) is 4.85. The van der Waals surface area contributed by atoms with E-state index in [1.807, 2.05) is 11.3 Å². The zero-order valence-corrected chi connectivity index (χ0v) is 13.7. The number of aromatic nitrogens is 1. The van der Waals surface area contributed by atoms with E-state index in [-0.39, 0.29) is 0 Å². The number of nitrogens with zero attached hydrogens (tertiary/aromatic N) is 2. The van der Waals surface area contributed by atoms with E-state index >= 15 is 0 Å². The second-order valence-corrected chi connectivity index (χ2v) is 7.06. The van der Waals surface area contributed by atoms with E-state index in [4.69, 9.17) is 4.98 Å². The molecule has 0 radical (unpaired) electrons. The molecule has 1 N–H and O–H groups in total. The Morgan fingerprint density at radius 1 is 1.32 bits per heavy atom. The zero-order valence-electron chi connectivity index (χ0n) is 12.9. The molecule has 3 nitrogen and oxygen atoms in total. The van der Waals surface area contributed by atoms with Gasteiger partial charge < -0.3 is 10.2 Å².